The van der Waals surface area contributed by atoms with Crippen LogP contribution in [-0.2, 0) is 13.0 Å². The number of aromatic amines is 1. The second kappa shape index (κ2) is 5.65. The predicted molar refractivity (Wildman–Crippen MR) is 71.2 cm³/mol. The van der Waals surface area contributed by atoms with Gasteiger partial charge in [0.25, 0.3) is 0 Å². The van der Waals surface area contributed by atoms with E-state index >= 15 is 0 Å². The molecule has 0 saturated carbocycles. The van der Waals surface area contributed by atoms with Gasteiger partial charge >= 0.3 is 4.87 Å². The Morgan fingerprint density at radius 2 is 2.29 bits per heavy atom. The quantitative estimate of drug-likeness (QED) is 0.553. The first-order valence-electron chi connectivity index (χ1n) is 5.46. The van der Waals surface area contributed by atoms with Gasteiger partial charge in [-0.05, 0) is 30.7 Å². The van der Waals surface area contributed by atoms with Gasteiger partial charge in [-0.1, -0.05) is 23.5 Å². The third-order valence-corrected chi connectivity index (χ3v) is 3.15. The van der Waals surface area contributed by atoms with E-state index in [-0.39, 0.29) is 4.87 Å². The second-order valence-corrected chi connectivity index (χ2v) is 4.69. The van der Waals surface area contributed by atoms with E-state index in [1.165, 1.54) is 16.9 Å². The summed E-state index contributed by atoms with van der Waals surface area (Å²) in [5.74, 6) is 0. The van der Waals surface area contributed by atoms with Gasteiger partial charge in [0.2, 0.25) is 0 Å². The molecule has 0 atom stereocenters. The summed E-state index contributed by atoms with van der Waals surface area (Å²) in [5, 5.41) is 5.12. The van der Waals surface area contributed by atoms with Crippen molar-refractivity contribution in [3.05, 3.63) is 50.6 Å². The van der Waals surface area contributed by atoms with E-state index < -0.39 is 0 Å². The van der Waals surface area contributed by atoms with Gasteiger partial charge in [0.1, 0.15) is 0 Å². The molecule has 2 aromatic rings. The zero-order chi connectivity index (χ0) is 12.1. The van der Waals surface area contributed by atoms with Crippen molar-refractivity contribution < 1.29 is 0 Å². The van der Waals surface area contributed by atoms with Gasteiger partial charge in [0, 0.05) is 23.3 Å². The van der Waals surface area contributed by atoms with Crippen LogP contribution >= 0.6 is 11.3 Å². The van der Waals surface area contributed by atoms with E-state index in [0.717, 1.165) is 24.3 Å². The molecule has 90 valence electrons. The second-order valence-electron chi connectivity index (χ2n) is 3.85. The number of nitrogens with two attached hydrogens (primary N) is 1. The van der Waals surface area contributed by atoms with Crippen LogP contribution in [0.4, 0.5) is 5.69 Å². The minimum absolute atomic E-state index is 0.00219. The van der Waals surface area contributed by atoms with Gasteiger partial charge < -0.3 is 16.0 Å². The molecule has 0 aliphatic rings. The number of rotatable bonds is 5. The molecule has 0 amide bonds. The molecule has 0 spiro atoms. The molecule has 0 radical (unpaired) electrons. The standard InChI is InChI=1S/C12H15N3OS/c13-10-3-1-2-9(6-10)4-5-14-7-11-8-17-12(16)15-11/h1-3,6,8,14H,4-5,7,13H2,(H,15,16). The Labute approximate surface area is 103 Å². The number of thiazole rings is 1. The zero-order valence-electron chi connectivity index (χ0n) is 9.40. The third kappa shape index (κ3) is 3.72. The third-order valence-electron chi connectivity index (χ3n) is 2.43. The van der Waals surface area contributed by atoms with Crippen molar-refractivity contribution in [3.8, 4) is 0 Å². The zero-order valence-corrected chi connectivity index (χ0v) is 10.2. The summed E-state index contributed by atoms with van der Waals surface area (Å²) in [7, 11) is 0. The lowest BCUT2D eigenvalue weighted by Crippen LogP contribution is -2.17. The van der Waals surface area contributed by atoms with Crippen LogP contribution < -0.4 is 15.9 Å². The molecule has 17 heavy (non-hydrogen) atoms. The van der Waals surface area contributed by atoms with Crippen molar-refractivity contribution in [2.24, 2.45) is 0 Å². The lowest BCUT2D eigenvalue weighted by Gasteiger charge is -2.04. The van der Waals surface area contributed by atoms with Gasteiger partial charge in [-0.25, -0.2) is 0 Å². The van der Waals surface area contributed by atoms with E-state index in [2.05, 4.69) is 16.4 Å². The molecule has 0 aliphatic heterocycles. The normalized spacial score (nSPS) is 10.6. The number of hydrogen-bond donors (Lipinski definition) is 3. The lowest BCUT2D eigenvalue weighted by atomic mass is 10.1. The maximum Gasteiger partial charge on any atom is 0.304 e. The average Bonchev–Trinajstić information content (AvgIpc) is 2.71. The molecule has 0 unspecified atom stereocenters. The number of aromatic nitrogens is 1. The van der Waals surface area contributed by atoms with E-state index in [0.29, 0.717) is 6.54 Å². The number of nitrogen functional groups attached to an aromatic ring is 1. The smallest absolute Gasteiger partial charge is 0.304 e. The van der Waals surface area contributed by atoms with Gasteiger partial charge in [0.05, 0.1) is 0 Å². The Morgan fingerprint density at radius 1 is 1.41 bits per heavy atom. The molecule has 5 heteroatoms. The van der Waals surface area contributed by atoms with Crippen molar-refractivity contribution in [3.63, 3.8) is 0 Å². The molecule has 0 saturated heterocycles. The number of nitrogens with one attached hydrogen (secondary N) is 2. The molecule has 1 aromatic heterocycles. The molecule has 2 rings (SSSR count). The first kappa shape index (κ1) is 11.9. The number of hydrogen-bond acceptors (Lipinski definition) is 4. The summed E-state index contributed by atoms with van der Waals surface area (Å²) in [6.07, 6.45) is 0.930. The molecule has 4 nitrogen and oxygen atoms in total. The van der Waals surface area contributed by atoms with Crippen LogP contribution in [0.3, 0.4) is 0 Å². The minimum atomic E-state index is -0.00219. The van der Waals surface area contributed by atoms with Crippen LogP contribution in [0.15, 0.2) is 34.4 Å². The fourth-order valence-electron chi connectivity index (χ4n) is 1.60. The van der Waals surface area contributed by atoms with Crippen LogP contribution in [0.2, 0.25) is 0 Å². The highest BCUT2D eigenvalue weighted by Crippen LogP contribution is 2.06. The molecule has 0 fully saturated rings. The largest absolute Gasteiger partial charge is 0.399 e. The highest BCUT2D eigenvalue weighted by molar-refractivity contribution is 7.07. The average molecular weight is 249 g/mol. The summed E-state index contributed by atoms with van der Waals surface area (Å²) in [6.45, 7) is 1.56. The Kier molecular flexibility index (Phi) is 3.95. The maximum absolute atomic E-state index is 10.9. The highest BCUT2D eigenvalue weighted by atomic mass is 32.1. The van der Waals surface area contributed by atoms with Crippen molar-refractivity contribution in [1.82, 2.24) is 10.3 Å². The van der Waals surface area contributed by atoms with E-state index in [4.69, 9.17) is 5.73 Å². The van der Waals surface area contributed by atoms with Crippen molar-refractivity contribution >= 4 is 17.0 Å². The summed E-state index contributed by atoms with van der Waals surface area (Å²) in [4.78, 5) is 13.7. The fraction of sp³-hybridized carbons (Fsp3) is 0.250. The lowest BCUT2D eigenvalue weighted by molar-refractivity contribution is 0.676. The Morgan fingerprint density at radius 3 is 3.00 bits per heavy atom. The number of anilines is 1. The van der Waals surface area contributed by atoms with Crippen molar-refractivity contribution in [1.29, 1.82) is 0 Å². The molecular formula is C12H15N3OS. The number of H-pyrrole nitrogens is 1. The maximum atomic E-state index is 10.9. The molecule has 1 aromatic carbocycles. The van der Waals surface area contributed by atoms with Crippen LogP contribution in [0.25, 0.3) is 0 Å². The summed E-state index contributed by atoms with van der Waals surface area (Å²) >= 11 is 1.19. The van der Waals surface area contributed by atoms with Gasteiger partial charge in [0.15, 0.2) is 0 Å². The van der Waals surface area contributed by atoms with Crippen molar-refractivity contribution in [2.45, 2.75) is 13.0 Å². The molecule has 1 heterocycles. The topological polar surface area (TPSA) is 70.9 Å². The Balaban J connectivity index is 1.75. The van der Waals surface area contributed by atoms with Gasteiger partial charge in [-0.3, -0.25) is 4.79 Å². The van der Waals surface area contributed by atoms with Crippen LogP contribution in [-0.4, -0.2) is 11.5 Å². The van der Waals surface area contributed by atoms with Gasteiger partial charge in [-0.2, -0.15) is 0 Å². The number of benzene rings is 1. The summed E-state index contributed by atoms with van der Waals surface area (Å²) < 4.78 is 0. The molecule has 0 bridgehead atoms. The van der Waals surface area contributed by atoms with Crippen molar-refractivity contribution in [2.75, 3.05) is 12.3 Å². The predicted octanol–water partition coefficient (Wildman–Crippen LogP) is 1.35. The van der Waals surface area contributed by atoms with E-state index in [1.54, 1.807) is 0 Å². The van der Waals surface area contributed by atoms with Crippen LogP contribution in [0.5, 0.6) is 0 Å². The Hall–Kier alpha value is -1.59. The summed E-state index contributed by atoms with van der Waals surface area (Å²) in [6, 6.07) is 7.88. The van der Waals surface area contributed by atoms with E-state index in [9.17, 15) is 4.79 Å². The minimum Gasteiger partial charge on any atom is -0.399 e. The first-order chi connectivity index (χ1) is 8.24. The summed E-state index contributed by atoms with van der Waals surface area (Å²) in [5.41, 5.74) is 8.65. The van der Waals surface area contributed by atoms with Gasteiger partial charge in [-0.15, -0.1) is 0 Å². The van der Waals surface area contributed by atoms with Crippen LogP contribution in [0.1, 0.15) is 11.3 Å². The SMILES string of the molecule is Nc1cccc(CCNCc2csc(=O)[nH]2)c1. The monoisotopic (exact) mass is 249 g/mol. The first-order valence-corrected chi connectivity index (χ1v) is 6.34. The molecule has 4 N–H and O–H groups in total. The Bertz CT molecular complexity index is 532. The molecule has 0 aliphatic carbocycles. The highest BCUT2D eigenvalue weighted by Gasteiger charge is 1.97. The molecular weight excluding hydrogens is 234 g/mol. The fourth-order valence-corrected chi connectivity index (χ4v) is 2.19. The van der Waals surface area contributed by atoms with E-state index in [1.807, 2.05) is 23.6 Å². The van der Waals surface area contributed by atoms with Crippen LogP contribution in [0, 0.1) is 0 Å².